The second kappa shape index (κ2) is 4.61. The Balaban J connectivity index is 2.66. The van der Waals surface area contributed by atoms with E-state index in [9.17, 15) is 0 Å². The van der Waals surface area contributed by atoms with Gasteiger partial charge in [0.15, 0.2) is 0 Å². The van der Waals surface area contributed by atoms with Gasteiger partial charge in [-0.1, -0.05) is 0 Å². The molecule has 6 heteroatoms. The molecule has 14 heavy (non-hydrogen) atoms. The van der Waals surface area contributed by atoms with E-state index in [1.807, 2.05) is 27.1 Å². The molecule has 4 N–H and O–H groups in total. The Morgan fingerprint density at radius 3 is 2.79 bits per heavy atom. The van der Waals surface area contributed by atoms with E-state index >= 15 is 0 Å². The number of hydrazine groups is 1. The Morgan fingerprint density at radius 2 is 2.36 bits per heavy atom. The van der Waals surface area contributed by atoms with Crippen LogP contribution in [-0.2, 0) is 7.05 Å². The van der Waals surface area contributed by atoms with Gasteiger partial charge in [0.2, 0.25) is 5.96 Å². The maximum atomic E-state index is 5.31. The van der Waals surface area contributed by atoms with Gasteiger partial charge in [-0.25, -0.2) is 10.8 Å². The molecule has 0 aliphatic heterocycles. The van der Waals surface area contributed by atoms with E-state index < -0.39 is 0 Å². The number of anilines is 1. The number of nitrogens with zero attached hydrogens (tertiary/aromatic N) is 3. The molecule has 0 saturated heterocycles. The fourth-order valence-electron chi connectivity index (χ4n) is 0.986. The predicted molar refractivity (Wildman–Crippen MR) is 56.7 cm³/mol. The van der Waals surface area contributed by atoms with Crippen molar-refractivity contribution in [2.75, 3.05) is 5.32 Å². The van der Waals surface area contributed by atoms with E-state index in [0.29, 0.717) is 5.96 Å². The van der Waals surface area contributed by atoms with Crippen LogP contribution >= 0.6 is 0 Å². The number of nitrogens with one attached hydrogen (secondary N) is 2. The van der Waals surface area contributed by atoms with E-state index in [-0.39, 0.29) is 6.04 Å². The number of guanidine groups is 1. The molecular weight excluding hydrogens is 180 g/mol. The van der Waals surface area contributed by atoms with E-state index in [1.54, 1.807) is 10.9 Å². The monoisotopic (exact) mass is 196 g/mol. The summed E-state index contributed by atoms with van der Waals surface area (Å²) in [5.41, 5.74) is 3.34. The van der Waals surface area contributed by atoms with Crippen LogP contribution in [0.15, 0.2) is 17.4 Å². The molecule has 1 aromatic rings. The van der Waals surface area contributed by atoms with Gasteiger partial charge in [-0.2, -0.15) is 5.10 Å². The Hall–Kier alpha value is -1.56. The van der Waals surface area contributed by atoms with Crippen molar-refractivity contribution >= 4 is 11.6 Å². The van der Waals surface area contributed by atoms with Crippen LogP contribution in [0.5, 0.6) is 0 Å². The minimum atomic E-state index is 0.185. The van der Waals surface area contributed by atoms with Crippen LogP contribution < -0.4 is 16.6 Å². The smallest absolute Gasteiger partial charge is 0.210 e. The number of aromatic nitrogens is 2. The first-order valence-corrected chi connectivity index (χ1v) is 4.42. The third-order valence-electron chi connectivity index (χ3n) is 1.49. The van der Waals surface area contributed by atoms with Crippen LogP contribution in [0.2, 0.25) is 0 Å². The van der Waals surface area contributed by atoms with Crippen LogP contribution in [0.25, 0.3) is 0 Å². The molecule has 0 aliphatic rings. The van der Waals surface area contributed by atoms with Gasteiger partial charge in [-0.15, -0.1) is 0 Å². The Bertz CT molecular complexity index is 313. The van der Waals surface area contributed by atoms with Crippen molar-refractivity contribution in [2.24, 2.45) is 17.9 Å². The topological polar surface area (TPSA) is 80.3 Å². The summed E-state index contributed by atoms with van der Waals surface area (Å²) in [6.07, 6.45) is 3.54. The number of rotatable bonds is 2. The molecule has 6 nitrogen and oxygen atoms in total. The molecule has 1 rings (SSSR count). The average molecular weight is 196 g/mol. The molecular formula is C8H16N6. The van der Waals surface area contributed by atoms with Gasteiger partial charge >= 0.3 is 0 Å². The Morgan fingerprint density at radius 1 is 1.64 bits per heavy atom. The van der Waals surface area contributed by atoms with Gasteiger partial charge in [0.25, 0.3) is 0 Å². The van der Waals surface area contributed by atoms with Crippen LogP contribution in [0.4, 0.5) is 5.69 Å². The van der Waals surface area contributed by atoms with Crippen LogP contribution in [-0.4, -0.2) is 21.8 Å². The molecule has 78 valence electrons. The summed E-state index contributed by atoms with van der Waals surface area (Å²) >= 11 is 0. The Kier molecular flexibility index (Phi) is 3.47. The third-order valence-corrected chi connectivity index (χ3v) is 1.49. The zero-order chi connectivity index (χ0) is 10.6. The fourth-order valence-corrected chi connectivity index (χ4v) is 0.986. The molecule has 0 radical (unpaired) electrons. The van der Waals surface area contributed by atoms with E-state index in [2.05, 4.69) is 20.8 Å². The predicted octanol–water partition coefficient (Wildman–Crippen LogP) is 0.0597. The number of nitrogens with two attached hydrogens (primary N) is 1. The first kappa shape index (κ1) is 10.5. The third kappa shape index (κ3) is 3.06. The quantitative estimate of drug-likeness (QED) is 0.270. The summed E-state index contributed by atoms with van der Waals surface area (Å²) < 4.78 is 1.70. The van der Waals surface area contributed by atoms with Gasteiger partial charge in [-0.05, 0) is 13.8 Å². The molecule has 1 aromatic heterocycles. The first-order valence-electron chi connectivity index (χ1n) is 4.42. The van der Waals surface area contributed by atoms with Crippen molar-refractivity contribution in [1.29, 1.82) is 0 Å². The minimum Gasteiger partial charge on any atom is -0.323 e. The van der Waals surface area contributed by atoms with E-state index in [4.69, 9.17) is 5.84 Å². The van der Waals surface area contributed by atoms with Gasteiger partial charge in [-0.3, -0.25) is 10.1 Å². The van der Waals surface area contributed by atoms with Gasteiger partial charge in [0, 0.05) is 19.3 Å². The maximum Gasteiger partial charge on any atom is 0.210 e. The summed E-state index contributed by atoms with van der Waals surface area (Å²) in [7, 11) is 1.85. The summed E-state index contributed by atoms with van der Waals surface area (Å²) in [6.45, 7) is 3.95. The van der Waals surface area contributed by atoms with Crippen molar-refractivity contribution in [2.45, 2.75) is 19.9 Å². The lowest BCUT2D eigenvalue weighted by atomic mass is 10.4. The maximum absolute atomic E-state index is 5.31. The molecule has 0 amide bonds. The Labute approximate surface area is 83.2 Å². The van der Waals surface area contributed by atoms with E-state index in [0.717, 1.165) is 5.69 Å². The van der Waals surface area contributed by atoms with Crippen LogP contribution in [0.3, 0.4) is 0 Å². The summed E-state index contributed by atoms with van der Waals surface area (Å²) in [5.74, 6) is 5.84. The summed E-state index contributed by atoms with van der Waals surface area (Å²) in [5, 5.41) is 7.03. The van der Waals surface area contributed by atoms with Gasteiger partial charge in [0.1, 0.15) is 0 Å². The lowest BCUT2D eigenvalue weighted by molar-refractivity contribution is 0.768. The molecule has 0 aliphatic carbocycles. The lowest BCUT2D eigenvalue weighted by Gasteiger charge is -2.07. The second-order valence-corrected chi connectivity index (χ2v) is 3.24. The number of hydrogen-bond donors (Lipinski definition) is 3. The highest BCUT2D eigenvalue weighted by Crippen LogP contribution is 2.02. The largest absolute Gasteiger partial charge is 0.323 e. The molecule has 0 bridgehead atoms. The van der Waals surface area contributed by atoms with Crippen molar-refractivity contribution in [3.63, 3.8) is 0 Å². The van der Waals surface area contributed by atoms with E-state index in [1.165, 1.54) is 0 Å². The molecule has 0 spiro atoms. The van der Waals surface area contributed by atoms with Crippen molar-refractivity contribution in [1.82, 2.24) is 15.2 Å². The molecule has 0 aromatic carbocycles. The number of aryl methyl sites for hydroxylation is 1. The molecule has 0 fully saturated rings. The minimum absolute atomic E-state index is 0.185. The zero-order valence-electron chi connectivity index (χ0n) is 8.65. The average Bonchev–Trinajstić information content (AvgIpc) is 2.49. The fraction of sp³-hybridized carbons (Fsp3) is 0.500. The van der Waals surface area contributed by atoms with Gasteiger partial charge < -0.3 is 5.32 Å². The SMILES string of the molecule is CC(C)N=C(NN)Nc1cnn(C)c1. The standard InChI is InChI=1S/C8H16N6/c1-6(2)11-8(13-9)12-7-4-10-14(3)5-7/h4-6H,9H2,1-3H3,(H2,11,12,13). The van der Waals surface area contributed by atoms with Crippen molar-refractivity contribution in [3.05, 3.63) is 12.4 Å². The molecule has 0 atom stereocenters. The highest BCUT2D eigenvalue weighted by Gasteiger charge is 2.00. The lowest BCUT2D eigenvalue weighted by Crippen LogP contribution is -2.36. The number of hydrogen-bond acceptors (Lipinski definition) is 3. The summed E-state index contributed by atoms with van der Waals surface area (Å²) in [4.78, 5) is 4.23. The highest BCUT2D eigenvalue weighted by atomic mass is 15.3. The first-order chi connectivity index (χ1) is 6.61. The van der Waals surface area contributed by atoms with Crippen LogP contribution in [0.1, 0.15) is 13.8 Å². The zero-order valence-corrected chi connectivity index (χ0v) is 8.65. The number of aliphatic imine (C=N–C) groups is 1. The van der Waals surface area contributed by atoms with Crippen molar-refractivity contribution in [3.8, 4) is 0 Å². The van der Waals surface area contributed by atoms with Crippen LogP contribution in [0, 0.1) is 0 Å². The molecule has 0 saturated carbocycles. The highest BCUT2D eigenvalue weighted by molar-refractivity contribution is 5.92. The summed E-state index contributed by atoms with van der Waals surface area (Å²) in [6, 6.07) is 0.185. The molecule has 0 unspecified atom stereocenters. The van der Waals surface area contributed by atoms with Crippen molar-refractivity contribution < 1.29 is 0 Å². The molecule has 1 heterocycles. The van der Waals surface area contributed by atoms with Gasteiger partial charge in [0.05, 0.1) is 11.9 Å². The normalized spacial score (nSPS) is 11.9. The second-order valence-electron chi connectivity index (χ2n) is 3.24.